The second-order valence-electron chi connectivity index (χ2n) is 7.18. The fourth-order valence-corrected chi connectivity index (χ4v) is 3.61. The van der Waals surface area contributed by atoms with Gasteiger partial charge in [-0.05, 0) is 25.2 Å². The van der Waals surface area contributed by atoms with Gasteiger partial charge in [-0.15, -0.1) is 0 Å². The maximum absolute atomic E-state index is 6.09. The van der Waals surface area contributed by atoms with E-state index in [0.717, 1.165) is 41.9 Å². The van der Waals surface area contributed by atoms with Gasteiger partial charge in [0.2, 0.25) is 5.89 Å². The summed E-state index contributed by atoms with van der Waals surface area (Å²) in [6.45, 7) is 3.19. The summed E-state index contributed by atoms with van der Waals surface area (Å²) >= 11 is 0. The van der Waals surface area contributed by atoms with Gasteiger partial charge in [-0.25, -0.2) is 9.97 Å². The maximum atomic E-state index is 6.09. The number of oxazole rings is 1. The first-order valence-corrected chi connectivity index (χ1v) is 8.98. The lowest BCUT2D eigenvalue weighted by Gasteiger charge is -2.35. The van der Waals surface area contributed by atoms with Crippen molar-refractivity contribution >= 4 is 16.9 Å². The fourth-order valence-electron chi connectivity index (χ4n) is 3.61. The Morgan fingerprint density at radius 2 is 2.04 bits per heavy atom. The van der Waals surface area contributed by atoms with Crippen molar-refractivity contribution in [3.63, 3.8) is 0 Å². The SMILES string of the molecule is CN1CC(Cn2cc(-c3cnc(N)c(-c4nc5ccccc5o4)c3)cn2)C1. The molecule has 3 aromatic heterocycles. The Bertz CT molecular complexity index is 1080. The molecule has 4 aromatic rings. The largest absolute Gasteiger partial charge is 0.436 e. The molecule has 7 nitrogen and oxygen atoms in total. The number of anilines is 1. The highest BCUT2D eigenvalue weighted by Crippen LogP contribution is 2.31. The Morgan fingerprint density at radius 3 is 2.85 bits per heavy atom. The molecule has 0 radical (unpaired) electrons. The maximum Gasteiger partial charge on any atom is 0.231 e. The van der Waals surface area contributed by atoms with Crippen LogP contribution in [0.25, 0.3) is 33.7 Å². The van der Waals surface area contributed by atoms with Gasteiger partial charge in [-0.2, -0.15) is 5.10 Å². The van der Waals surface area contributed by atoms with E-state index >= 15 is 0 Å². The Balaban J connectivity index is 1.46. The second-order valence-corrected chi connectivity index (χ2v) is 7.18. The van der Waals surface area contributed by atoms with Crippen LogP contribution in [0.2, 0.25) is 0 Å². The molecule has 0 saturated carbocycles. The van der Waals surface area contributed by atoms with Crippen molar-refractivity contribution in [2.24, 2.45) is 5.92 Å². The first-order chi connectivity index (χ1) is 13.2. The first-order valence-electron chi connectivity index (χ1n) is 8.98. The molecule has 136 valence electrons. The molecule has 1 aromatic carbocycles. The van der Waals surface area contributed by atoms with E-state index in [1.807, 2.05) is 41.2 Å². The average Bonchev–Trinajstić information content (AvgIpc) is 3.27. The number of hydrogen-bond acceptors (Lipinski definition) is 6. The minimum absolute atomic E-state index is 0.398. The summed E-state index contributed by atoms with van der Waals surface area (Å²) in [4.78, 5) is 11.2. The molecular formula is C20H20N6O. The zero-order valence-electron chi connectivity index (χ0n) is 15.0. The summed E-state index contributed by atoms with van der Waals surface area (Å²) in [5, 5.41) is 4.50. The lowest BCUT2D eigenvalue weighted by molar-refractivity contribution is 0.116. The van der Waals surface area contributed by atoms with Crippen molar-refractivity contribution in [2.75, 3.05) is 25.9 Å². The summed E-state index contributed by atoms with van der Waals surface area (Å²) < 4.78 is 7.86. The number of nitrogen functional groups attached to an aromatic ring is 1. The molecule has 1 aliphatic rings. The van der Waals surface area contributed by atoms with Gasteiger partial charge in [0.05, 0.1) is 11.8 Å². The number of likely N-dealkylation sites (tertiary alicyclic amines) is 1. The van der Waals surface area contributed by atoms with Gasteiger partial charge in [0.1, 0.15) is 11.3 Å². The Morgan fingerprint density at radius 1 is 1.19 bits per heavy atom. The van der Waals surface area contributed by atoms with Crippen LogP contribution in [0.1, 0.15) is 0 Å². The standard InChI is InChI=1S/C20H20N6O/c1-25-9-13(10-25)11-26-12-15(8-23-26)14-6-16(19(21)22-7-14)20-24-17-4-2-3-5-18(17)27-20/h2-8,12-13H,9-11H2,1H3,(H2,21,22). The quantitative estimate of drug-likeness (QED) is 0.602. The minimum Gasteiger partial charge on any atom is -0.436 e. The van der Waals surface area contributed by atoms with E-state index < -0.39 is 0 Å². The van der Waals surface area contributed by atoms with E-state index in [1.165, 1.54) is 0 Å². The van der Waals surface area contributed by atoms with Crippen LogP contribution in [0, 0.1) is 5.92 Å². The molecule has 1 aliphatic heterocycles. The average molecular weight is 360 g/mol. The highest BCUT2D eigenvalue weighted by atomic mass is 16.3. The molecule has 4 heterocycles. The van der Waals surface area contributed by atoms with E-state index in [9.17, 15) is 0 Å². The molecule has 0 spiro atoms. The van der Waals surface area contributed by atoms with Crippen LogP contribution in [-0.2, 0) is 6.54 Å². The molecule has 0 aliphatic carbocycles. The van der Waals surface area contributed by atoms with Crippen molar-refractivity contribution in [1.29, 1.82) is 0 Å². The summed E-state index contributed by atoms with van der Waals surface area (Å²) in [5.74, 6) is 1.55. The fraction of sp³-hybridized carbons (Fsp3) is 0.250. The molecule has 2 N–H and O–H groups in total. The van der Waals surface area contributed by atoms with Gasteiger partial charge < -0.3 is 15.1 Å². The summed E-state index contributed by atoms with van der Waals surface area (Å²) in [5.41, 5.74) is 10.3. The third-order valence-electron chi connectivity index (χ3n) is 4.99. The summed E-state index contributed by atoms with van der Waals surface area (Å²) in [6, 6.07) is 9.62. The smallest absolute Gasteiger partial charge is 0.231 e. The van der Waals surface area contributed by atoms with Crippen LogP contribution in [0.15, 0.2) is 53.3 Å². The van der Waals surface area contributed by atoms with Crippen molar-refractivity contribution in [3.05, 3.63) is 48.9 Å². The van der Waals surface area contributed by atoms with Crippen molar-refractivity contribution in [1.82, 2.24) is 24.6 Å². The topological polar surface area (TPSA) is 86.0 Å². The zero-order chi connectivity index (χ0) is 18.4. The number of hydrogen-bond donors (Lipinski definition) is 1. The van der Waals surface area contributed by atoms with Gasteiger partial charge in [0, 0.05) is 49.1 Å². The molecule has 1 saturated heterocycles. The summed E-state index contributed by atoms with van der Waals surface area (Å²) in [7, 11) is 2.14. The van der Waals surface area contributed by atoms with Crippen molar-refractivity contribution < 1.29 is 4.42 Å². The number of pyridine rings is 1. The number of nitrogens with two attached hydrogens (primary N) is 1. The third kappa shape index (κ3) is 2.96. The predicted molar refractivity (Wildman–Crippen MR) is 104 cm³/mol. The van der Waals surface area contributed by atoms with Gasteiger partial charge in [0.15, 0.2) is 5.58 Å². The highest BCUT2D eigenvalue weighted by molar-refractivity contribution is 5.80. The second kappa shape index (κ2) is 6.21. The molecule has 0 unspecified atom stereocenters. The molecule has 5 rings (SSSR count). The van der Waals surface area contributed by atoms with E-state index in [2.05, 4.69) is 33.2 Å². The van der Waals surface area contributed by atoms with Gasteiger partial charge in [-0.1, -0.05) is 12.1 Å². The van der Waals surface area contributed by atoms with Crippen molar-refractivity contribution in [2.45, 2.75) is 6.54 Å². The highest BCUT2D eigenvalue weighted by Gasteiger charge is 2.23. The Labute approximate surface area is 156 Å². The van der Waals surface area contributed by atoms with Gasteiger partial charge in [-0.3, -0.25) is 4.68 Å². The number of rotatable bonds is 4. The molecule has 0 amide bonds. The van der Waals surface area contributed by atoms with Gasteiger partial charge in [0.25, 0.3) is 0 Å². The van der Waals surface area contributed by atoms with E-state index in [4.69, 9.17) is 10.2 Å². The lowest BCUT2D eigenvalue weighted by atomic mass is 10.0. The summed E-state index contributed by atoms with van der Waals surface area (Å²) in [6.07, 6.45) is 5.69. The van der Waals surface area contributed by atoms with Crippen LogP contribution in [0.5, 0.6) is 0 Å². The van der Waals surface area contributed by atoms with E-state index in [1.54, 1.807) is 6.20 Å². The Kier molecular flexibility index (Phi) is 3.68. The number of benzene rings is 1. The number of para-hydroxylation sites is 2. The molecule has 0 atom stereocenters. The van der Waals surface area contributed by atoms with Crippen molar-refractivity contribution in [3.8, 4) is 22.6 Å². The van der Waals surface area contributed by atoms with E-state index in [-0.39, 0.29) is 0 Å². The van der Waals surface area contributed by atoms with Crippen LogP contribution >= 0.6 is 0 Å². The normalized spacial score (nSPS) is 15.3. The number of fused-ring (bicyclic) bond motifs is 1. The first kappa shape index (κ1) is 16.0. The number of nitrogens with zero attached hydrogens (tertiary/aromatic N) is 5. The molecule has 27 heavy (non-hydrogen) atoms. The predicted octanol–water partition coefficient (Wildman–Crippen LogP) is 2.90. The van der Waals surface area contributed by atoms with Crippen LogP contribution < -0.4 is 5.73 Å². The third-order valence-corrected chi connectivity index (χ3v) is 4.99. The van der Waals surface area contributed by atoms with Crippen LogP contribution in [-0.4, -0.2) is 44.8 Å². The zero-order valence-corrected chi connectivity index (χ0v) is 15.0. The monoisotopic (exact) mass is 360 g/mol. The molecular weight excluding hydrogens is 340 g/mol. The van der Waals surface area contributed by atoms with Gasteiger partial charge >= 0.3 is 0 Å². The minimum atomic E-state index is 0.398. The molecule has 7 heteroatoms. The molecule has 1 fully saturated rings. The van der Waals surface area contributed by atoms with Crippen LogP contribution in [0.3, 0.4) is 0 Å². The van der Waals surface area contributed by atoms with Crippen LogP contribution in [0.4, 0.5) is 5.82 Å². The molecule has 0 bridgehead atoms. The van der Waals surface area contributed by atoms with E-state index in [0.29, 0.717) is 23.2 Å². The lowest BCUT2D eigenvalue weighted by Crippen LogP contribution is -2.45. The Hall–Kier alpha value is -3.19. The number of aromatic nitrogens is 4.